The van der Waals surface area contributed by atoms with Gasteiger partial charge in [-0.15, -0.1) is 0 Å². The number of rotatable bonds is 7. The number of hydrogen-bond acceptors (Lipinski definition) is 1. The molecule has 4 rings (SSSR count). The maximum absolute atomic E-state index is 12.5. The summed E-state index contributed by atoms with van der Waals surface area (Å²) in [5.74, 6) is 0.250. The predicted molar refractivity (Wildman–Crippen MR) is 112 cm³/mol. The molecule has 1 N–H and O–H groups in total. The molecule has 0 radical (unpaired) electrons. The zero-order valence-electron chi connectivity index (χ0n) is 15.7. The van der Waals surface area contributed by atoms with Crippen molar-refractivity contribution >= 4 is 5.78 Å². The van der Waals surface area contributed by atoms with Crippen molar-refractivity contribution in [3.8, 4) is 22.5 Å². The molecule has 0 amide bonds. The quantitative estimate of drug-likeness (QED) is 0.466. The Kier molecular flexibility index (Phi) is 5.43. The lowest BCUT2D eigenvalue weighted by Gasteiger charge is -2.05. The number of carbonyl (C=O) groups excluding carboxylic acids is 1. The van der Waals surface area contributed by atoms with Gasteiger partial charge in [0.25, 0.3) is 0 Å². The Bertz CT molecular complexity index is 1040. The van der Waals surface area contributed by atoms with Crippen molar-refractivity contribution in [1.29, 1.82) is 0 Å². The second kappa shape index (κ2) is 8.49. The minimum absolute atomic E-state index is 0.250. The van der Waals surface area contributed by atoms with Crippen LogP contribution in [0.1, 0.15) is 12.0 Å². The Morgan fingerprint density at radius 2 is 1.32 bits per heavy atom. The van der Waals surface area contributed by atoms with E-state index in [0.717, 1.165) is 28.1 Å². The van der Waals surface area contributed by atoms with E-state index in [2.05, 4.69) is 33.8 Å². The van der Waals surface area contributed by atoms with Crippen LogP contribution in [0.2, 0.25) is 0 Å². The molecule has 0 aliphatic carbocycles. The Hall–Kier alpha value is -3.46. The number of benzene rings is 3. The fourth-order valence-electron chi connectivity index (χ4n) is 3.48. The summed E-state index contributed by atoms with van der Waals surface area (Å²) in [4.78, 5) is 15.9. The lowest BCUT2D eigenvalue weighted by Crippen LogP contribution is -2.35. The van der Waals surface area contributed by atoms with Crippen LogP contribution in [0.15, 0.2) is 97.3 Å². The number of nitrogens with one attached hydrogen (secondary N) is 1. The van der Waals surface area contributed by atoms with E-state index in [9.17, 15) is 4.79 Å². The topological polar surface area (TPSA) is 36.7 Å². The van der Waals surface area contributed by atoms with E-state index in [1.165, 1.54) is 0 Å². The molecular weight excluding hydrogens is 344 g/mol. The molecule has 3 heteroatoms. The van der Waals surface area contributed by atoms with Crippen molar-refractivity contribution in [2.45, 2.75) is 19.4 Å². The van der Waals surface area contributed by atoms with Crippen molar-refractivity contribution < 1.29 is 9.36 Å². The zero-order valence-corrected chi connectivity index (χ0v) is 15.7. The summed E-state index contributed by atoms with van der Waals surface area (Å²) >= 11 is 0. The van der Waals surface area contributed by atoms with E-state index in [1.807, 2.05) is 73.1 Å². The third kappa shape index (κ3) is 4.09. The maximum atomic E-state index is 12.5. The molecule has 1 heterocycles. The minimum atomic E-state index is 0.250. The fraction of sp³-hybridized carbons (Fsp3) is 0.120. The smallest absolute Gasteiger partial charge is 0.242 e. The molecule has 3 aromatic carbocycles. The first-order valence-corrected chi connectivity index (χ1v) is 9.58. The molecule has 28 heavy (non-hydrogen) atoms. The molecule has 0 unspecified atom stereocenters. The molecular formula is C25H23N2O+. The van der Waals surface area contributed by atoms with Crippen molar-refractivity contribution in [3.63, 3.8) is 0 Å². The Morgan fingerprint density at radius 1 is 0.750 bits per heavy atom. The summed E-state index contributed by atoms with van der Waals surface area (Å²) in [7, 11) is 0. The number of imidazole rings is 1. The molecule has 0 aliphatic rings. The number of H-pyrrole nitrogens is 1. The molecule has 3 nitrogen and oxygen atoms in total. The van der Waals surface area contributed by atoms with Gasteiger partial charge < -0.3 is 0 Å². The Balaban J connectivity index is 1.59. The molecule has 0 spiro atoms. The normalized spacial score (nSPS) is 10.7. The van der Waals surface area contributed by atoms with Gasteiger partial charge in [-0.1, -0.05) is 91.0 Å². The van der Waals surface area contributed by atoms with Crippen LogP contribution in [0, 0.1) is 0 Å². The van der Waals surface area contributed by atoms with Crippen molar-refractivity contribution in [2.24, 2.45) is 0 Å². The van der Waals surface area contributed by atoms with Gasteiger partial charge in [-0.2, -0.15) is 0 Å². The van der Waals surface area contributed by atoms with Gasteiger partial charge in [-0.25, -0.2) is 9.55 Å². The molecule has 1 aromatic heterocycles. The van der Waals surface area contributed by atoms with Crippen molar-refractivity contribution in [1.82, 2.24) is 4.98 Å². The minimum Gasteiger partial charge on any atom is -0.299 e. The van der Waals surface area contributed by atoms with Crippen LogP contribution >= 0.6 is 0 Å². The van der Waals surface area contributed by atoms with E-state index >= 15 is 0 Å². The molecule has 4 aromatic rings. The lowest BCUT2D eigenvalue weighted by molar-refractivity contribution is -0.683. The third-order valence-corrected chi connectivity index (χ3v) is 4.87. The number of Topliss-reactive ketones (excluding diaryl/α,β-unsaturated/α-hetero) is 1. The van der Waals surface area contributed by atoms with Gasteiger partial charge in [0.2, 0.25) is 6.33 Å². The van der Waals surface area contributed by atoms with Gasteiger partial charge in [0.15, 0.2) is 11.4 Å². The molecule has 138 valence electrons. The second-order valence-electron chi connectivity index (χ2n) is 6.87. The highest BCUT2D eigenvalue weighted by molar-refractivity contribution is 5.80. The summed E-state index contributed by atoms with van der Waals surface area (Å²) in [5.41, 5.74) is 5.52. The van der Waals surface area contributed by atoms with Crippen LogP contribution in [0.25, 0.3) is 22.5 Å². The molecule has 0 aliphatic heterocycles. The summed E-state index contributed by atoms with van der Waals surface area (Å²) in [6.07, 6.45) is 2.96. The van der Waals surface area contributed by atoms with Gasteiger partial charge in [0.05, 0.1) is 6.54 Å². The monoisotopic (exact) mass is 367 g/mol. The summed E-state index contributed by atoms with van der Waals surface area (Å²) in [6.45, 7) is 0.652. The van der Waals surface area contributed by atoms with Gasteiger partial charge in [0.1, 0.15) is 5.78 Å². The van der Waals surface area contributed by atoms with Crippen LogP contribution in [0.4, 0.5) is 0 Å². The number of aryl methyl sites for hydroxylation is 1. The SMILES string of the molecule is O=C(CC[n+]1c[nH]c(-c2ccccc2)c1-c1ccccc1)Cc1ccccc1. The lowest BCUT2D eigenvalue weighted by atomic mass is 10.0. The first-order valence-electron chi connectivity index (χ1n) is 9.58. The van der Waals surface area contributed by atoms with Crippen LogP contribution in [0.3, 0.4) is 0 Å². The molecule has 0 bridgehead atoms. The second-order valence-corrected chi connectivity index (χ2v) is 6.87. The van der Waals surface area contributed by atoms with Gasteiger partial charge in [-0.05, 0) is 5.56 Å². The molecule has 0 fully saturated rings. The zero-order chi connectivity index (χ0) is 19.2. The number of aromatic nitrogens is 2. The number of carbonyl (C=O) groups is 1. The highest BCUT2D eigenvalue weighted by Gasteiger charge is 2.21. The highest BCUT2D eigenvalue weighted by Crippen LogP contribution is 2.27. The van der Waals surface area contributed by atoms with E-state index in [0.29, 0.717) is 19.4 Å². The number of ketones is 1. The number of nitrogens with zero attached hydrogens (tertiary/aromatic N) is 1. The average molecular weight is 367 g/mol. The number of aromatic amines is 1. The summed E-state index contributed by atoms with van der Waals surface area (Å²) < 4.78 is 2.15. The van der Waals surface area contributed by atoms with Gasteiger partial charge >= 0.3 is 0 Å². The van der Waals surface area contributed by atoms with Crippen LogP contribution in [0.5, 0.6) is 0 Å². The summed E-state index contributed by atoms with van der Waals surface area (Å²) in [6, 6.07) is 30.6. The van der Waals surface area contributed by atoms with Crippen LogP contribution in [-0.4, -0.2) is 10.8 Å². The standard InChI is InChI=1S/C25H22N2O/c28-23(18-20-10-4-1-5-11-20)16-17-27-19-26-24(21-12-6-2-7-13-21)25(27)22-14-8-3-9-15-22/h1-15,19H,16-18H2/p+1. The third-order valence-electron chi connectivity index (χ3n) is 4.87. The molecule has 0 saturated heterocycles. The first kappa shape index (κ1) is 17.9. The van der Waals surface area contributed by atoms with E-state index in [1.54, 1.807) is 0 Å². The first-order chi connectivity index (χ1) is 13.8. The van der Waals surface area contributed by atoms with Crippen LogP contribution in [-0.2, 0) is 17.8 Å². The van der Waals surface area contributed by atoms with Crippen molar-refractivity contribution in [2.75, 3.05) is 0 Å². The highest BCUT2D eigenvalue weighted by atomic mass is 16.1. The van der Waals surface area contributed by atoms with Crippen LogP contribution < -0.4 is 4.57 Å². The fourth-order valence-corrected chi connectivity index (χ4v) is 3.48. The van der Waals surface area contributed by atoms with E-state index in [-0.39, 0.29) is 5.78 Å². The maximum Gasteiger partial charge on any atom is 0.242 e. The van der Waals surface area contributed by atoms with Gasteiger partial charge in [-0.3, -0.25) is 4.79 Å². The Morgan fingerprint density at radius 3 is 1.96 bits per heavy atom. The molecule has 0 atom stereocenters. The van der Waals surface area contributed by atoms with Gasteiger partial charge in [0, 0.05) is 24.0 Å². The van der Waals surface area contributed by atoms with E-state index in [4.69, 9.17) is 0 Å². The summed E-state index contributed by atoms with van der Waals surface area (Å²) in [5, 5.41) is 0. The number of hydrogen-bond donors (Lipinski definition) is 1. The largest absolute Gasteiger partial charge is 0.299 e. The molecule has 0 saturated carbocycles. The Labute approximate surface area is 165 Å². The van der Waals surface area contributed by atoms with Crippen molar-refractivity contribution in [3.05, 3.63) is 103 Å². The average Bonchev–Trinajstić information content (AvgIpc) is 3.18. The predicted octanol–water partition coefficient (Wildman–Crippen LogP) is 4.84. The van der Waals surface area contributed by atoms with E-state index < -0.39 is 0 Å².